The zero-order chi connectivity index (χ0) is 14.0. The number of amides is 1. The maximum Gasteiger partial charge on any atom is 0.282 e. The van der Waals surface area contributed by atoms with Crippen molar-refractivity contribution in [3.05, 3.63) is 41.5 Å². The van der Waals surface area contributed by atoms with Gasteiger partial charge in [-0.3, -0.25) is 4.79 Å². The van der Waals surface area contributed by atoms with Crippen LogP contribution in [-0.4, -0.2) is 29.8 Å². The van der Waals surface area contributed by atoms with Crippen molar-refractivity contribution in [3.8, 4) is 0 Å². The average molecular weight is 265 g/mol. The molecule has 0 N–H and O–H groups in total. The van der Waals surface area contributed by atoms with Crippen LogP contribution in [0.3, 0.4) is 0 Å². The van der Waals surface area contributed by atoms with E-state index in [1.54, 1.807) is 6.08 Å². The van der Waals surface area contributed by atoms with Crippen molar-refractivity contribution in [2.75, 3.05) is 13.1 Å². The van der Waals surface area contributed by atoms with Gasteiger partial charge in [0.25, 0.3) is 5.92 Å². The van der Waals surface area contributed by atoms with Crippen LogP contribution in [0.15, 0.2) is 30.3 Å². The van der Waals surface area contributed by atoms with Gasteiger partial charge in [0.1, 0.15) is 0 Å². The first-order chi connectivity index (χ1) is 8.87. The van der Waals surface area contributed by atoms with Crippen molar-refractivity contribution in [1.82, 2.24) is 4.90 Å². The summed E-state index contributed by atoms with van der Waals surface area (Å²) in [4.78, 5) is 12.7. The molecule has 1 amide bonds. The minimum Gasteiger partial charge on any atom is -0.327 e. The lowest BCUT2D eigenvalue weighted by atomic mass is 10.0. The SMILES string of the molecule is CC(C)c1ccc(/C=C/C(=O)N2CC(F)(F)C2)cc1. The summed E-state index contributed by atoms with van der Waals surface area (Å²) in [5.41, 5.74) is 2.12. The van der Waals surface area contributed by atoms with Gasteiger partial charge in [-0.1, -0.05) is 38.1 Å². The van der Waals surface area contributed by atoms with Crippen molar-refractivity contribution < 1.29 is 13.6 Å². The van der Waals surface area contributed by atoms with E-state index in [1.807, 2.05) is 24.3 Å². The summed E-state index contributed by atoms with van der Waals surface area (Å²) in [5.74, 6) is -2.61. The highest BCUT2D eigenvalue weighted by molar-refractivity contribution is 5.92. The molecule has 4 heteroatoms. The Labute approximate surface area is 111 Å². The molecule has 1 aromatic carbocycles. The summed E-state index contributed by atoms with van der Waals surface area (Å²) in [6.07, 6.45) is 3.00. The first-order valence-electron chi connectivity index (χ1n) is 6.32. The molecule has 2 nitrogen and oxygen atoms in total. The Hall–Kier alpha value is -1.71. The molecule has 2 rings (SSSR count). The zero-order valence-corrected chi connectivity index (χ0v) is 11.1. The van der Waals surface area contributed by atoms with Gasteiger partial charge in [-0.15, -0.1) is 0 Å². The number of rotatable bonds is 3. The van der Waals surface area contributed by atoms with Crippen molar-refractivity contribution >= 4 is 12.0 Å². The molecule has 1 heterocycles. The largest absolute Gasteiger partial charge is 0.327 e. The van der Waals surface area contributed by atoms with Crippen molar-refractivity contribution in [2.45, 2.75) is 25.7 Å². The average Bonchev–Trinajstić information content (AvgIpc) is 2.33. The van der Waals surface area contributed by atoms with Crippen LogP contribution < -0.4 is 0 Å². The van der Waals surface area contributed by atoms with Gasteiger partial charge >= 0.3 is 0 Å². The Morgan fingerprint density at radius 2 is 1.84 bits per heavy atom. The third-order valence-electron chi connectivity index (χ3n) is 3.18. The van der Waals surface area contributed by atoms with Crippen LogP contribution in [0.5, 0.6) is 0 Å². The summed E-state index contributed by atoms with van der Waals surface area (Å²) in [6.45, 7) is 3.28. The molecular weight excluding hydrogens is 248 g/mol. The van der Waals surface area contributed by atoms with Crippen LogP contribution in [-0.2, 0) is 4.79 Å². The molecule has 1 aromatic rings. The van der Waals surface area contributed by atoms with E-state index in [2.05, 4.69) is 13.8 Å². The number of alkyl halides is 2. The number of hydrogen-bond acceptors (Lipinski definition) is 1. The predicted octanol–water partition coefficient (Wildman–Crippen LogP) is 3.30. The minimum atomic E-state index is -2.71. The van der Waals surface area contributed by atoms with Crippen LogP contribution in [0.4, 0.5) is 8.78 Å². The highest BCUT2D eigenvalue weighted by Gasteiger charge is 2.45. The third-order valence-corrected chi connectivity index (χ3v) is 3.18. The summed E-state index contributed by atoms with van der Waals surface area (Å²) >= 11 is 0. The third kappa shape index (κ3) is 3.40. The first kappa shape index (κ1) is 13.7. The van der Waals surface area contributed by atoms with E-state index >= 15 is 0 Å². The number of carbonyl (C=O) groups is 1. The monoisotopic (exact) mass is 265 g/mol. The Morgan fingerprint density at radius 1 is 1.26 bits per heavy atom. The summed E-state index contributed by atoms with van der Waals surface area (Å²) in [7, 11) is 0. The van der Waals surface area contributed by atoms with Crippen molar-refractivity contribution in [3.63, 3.8) is 0 Å². The lowest BCUT2D eigenvalue weighted by Crippen LogP contribution is -2.57. The Balaban J connectivity index is 1.93. The topological polar surface area (TPSA) is 20.3 Å². The van der Waals surface area contributed by atoms with E-state index in [-0.39, 0.29) is 5.91 Å². The second-order valence-corrected chi connectivity index (χ2v) is 5.20. The van der Waals surface area contributed by atoms with E-state index in [9.17, 15) is 13.6 Å². The fourth-order valence-corrected chi connectivity index (χ4v) is 1.93. The molecule has 0 aliphatic carbocycles. The molecule has 0 spiro atoms. The molecule has 1 aliphatic heterocycles. The number of likely N-dealkylation sites (tertiary alicyclic amines) is 1. The van der Waals surface area contributed by atoms with E-state index in [4.69, 9.17) is 0 Å². The van der Waals surface area contributed by atoms with Crippen LogP contribution in [0.1, 0.15) is 30.9 Å². The van der Waals surface area contributed by atoms with Crippen molar-refractivity contribution in [1.29, 1.82) is 0 Å². The summed E-state index contributed by atoms with van der Waals surface area (Å²) in [5, 5.41) is 0. The van der Waals surface area contributed by atoms with E-state index in [0.29, 0.717) is 5.92 Å². The van der Waals surface area contributed by atoms with Crippen LogP contribution >= 0.6 is 0 Å². The first-order valence-corrected chi connectivity index (χ1v) is 6.32. The fraction of sp³-hybridized carbons (Fsp3) is 0.400. The van der Waals surface area contributed by atoms with Gasteiger partial charge in [0.15, 0.2) is 0 Å². The highest BCUT2D eigenvalue weighted by atomic mass is 19.3. The van der Waals surface area contributed by atoms with Crippen LogP contribution in [0.25, 0.3) is 6.08 Å². The molecule has 0 saturated carbocycles. The molecule has 102 valence electrons. The summed E-state index contributed by atoms with van der Waals surface area (Å²) in [6, 6.07) is 7.85. The molecule has 0 atom stereocenters. The van der Waals surface area contributed by atoms with Gasteiger partial charge in [-0.2, -0.15) is 0 Å². The normalized spacial score (nSPS) is 17.8. The van der Waals surface area contributed by atoms with Gasteiger partial charge in [0, 0.05) is 6.08 Å². The molecule has 0 aromatic heterocycles. The second-order valence-electron chi connectivity index (χ2n) is 5.20. The zero-order valence-electron chi connectivity index (χ0n) is 11.1. The molecule has 0 unspecified atom stereocenters. The molecule has 1 fully saturated rings. The molecular formula is C15H17F2NO. The number of nitrogens with zero attached hydrogens (tertiary/aromatic N) is 1. The van der Waals surface area contributed by atoms with Gasteiger partial charge < -0.3 is 4.90 Å². The molecule has 0 radical (unpaired) electrons. The molecule has 19 heavy (non-hydrogen) atoms. The standard InChI is InChI=1S/C15H17F2NO/c1-11(2)13-6-3-12(4-7-13)5-8-14(19)18-9-15(16,17)10-18/h3-8,11H,9-10H2,1-2H3/b8-5+. The van der Waals surface area contributed by atoms with Gasteiger partial charge in [-0.25, -0.2) is 8.78 Å². The van der Waals surface area contributed by atoms with Gasteiger partial charge in [0.2, 0.25) is 5.91 Å². The predicted molar refractivity (Wildman–Crippen MR) is 71.1 cm³/mol. The lowest BCUT2D eigenvalue weighted by Gasteiger charge is -2.37. The molecule has 1 saturated heterocycles. The number of halogens is 2. The van der Waals surface area contributed by atoms with Gasteiger partial charge in [-0.05, 0) is 23.1 Å². The van der Waals surface area contributed by atoms with Crippen molar-refractivity contribution in [2.24, 2.45) is 0 Å². The number of hydrogen-bond donors (Lipinski definition) is 0. The number of benzene rings is 1. The lowest BCUT2D eigenvalue weighted by molar-refractivity contribution is -0.160. The maximum absolute atomic E-state index is 12.6. The fourth-order valence-electron chi connectivity index (χ4n) is 1.93. The highest BCUT2D eigenvalue weighted by Crippen LogP contribution is 2.26. The minimum absolute atomic E-state index is 0.362. The summed E-state index contributed by atoms with van der Waals surface area (Å²) < 4.78 is 25.2. The smallest absolute Gasteiger partial charge is 0.282 e. The molecule has 0 bridgehead atoms. The van der Waals surface area contributed by atoms with E-state index in [0.717, 1.165) is 10.5 Å². The Morgan fingerprint density at radius 3 is 2.32 bits per heavy atom. The maximum atomic E-state index is 12.6. The van der Waals surface area contributed by atoms with E-state index in [1.165, 1.54) is 11.6 Å². The number of carbonyl (C=O) groups excluding carboxylic acids is 1. The van der Waals surface area contributed by atoms with Crippen LogP contribution in [0.2, 0.25) is 0 Å². The Bertz CT molecular complexity index is 483. The second kappa shape index (κ2) is 5.11. The van der Waals surface area contributed by atoms with Gasteiger partial charge in [0.05, 0.1) is 13.1 Å². The van der Waals surface area contributed by atoms with E-state index < -0.39 is 19.0 Å². The van der Waals surface area contributed by atoms with Crippen LogP contribution in [0, 0.1) is 0 Å². The molecule has 1 aliphatic rings. The Kier molecular flexibility index (Phi) is 3.69. The quantitative estimate of drug-likeness (QED) is 0.768.